The van der Waals surface area contributed by atoms with Crippen LogP contribution in [0.2, 0.25) is 0 Å². The molecule has 1 aromatic heterocycles. The third kappa shape index (κ3) is 3.42. The van der Waals surface area contributed by atoms with Crippen LogP contribution in [-0.2, 0) is 13.5 Å². The van der Waals surface area contributed by atoms with Crippen molar-refractivity contribution in [2.75, 3.05) is 6.54 Å². The molecule has 1 atom stereocenters. The van der Waals surface area contributed by atoms with Gasteiger partial charge in [-0.2, -0.15) is 5.10 Å². The van der Waals surface area contributed by atoms with Crippen molar-refractivity contribution in [3.8, 4) is 0 Å². The molecule has 4 nitrogen and oxygen atoms in total. The van der Waals surface area contributed by atoms with Gasteiger partial charge in [0.15, 0.2) is 0 Å². The van der Waals surface area contributed by atoms with Crippen molar-refractivity contribution < 1.29 is 4.39 Å². The highest BCUT2D eigenvalue weighted by Crippen LogP contribution is 2.20. The normalized spacial score (nSPS) is 12.6. The highest BCUT2D eigenvalue weighted by molar-refractivity contribution is 5.27. The van der Waals surface area contributed by atoms with E-state index in [4.69, 9.17) is 0 Å². The number of benzene rings is 1. The Morgan fingerprint density at radius 2 is 2.20 bits per heavy atom. The number of hydrogen-bond donors (Lipinski definition) is 1. The summed E-state index contributed by atoms with van der Waals surface area (Å²) in [6.07, 6.45) is 3.35. The lowest BCUT2D eigenvalue weighted by Crippen LogP contribution is -2.25. The fraction of sp³-hybridized carbons (Fsp3) is 0.467. The molecule has 0 amide bonds. The lowest BCUT2D eigenvalue weighted by atomic mass is 10.0. The largest absolute Gasteiger partial charge is 0.310 e. The summed E-state index contributed by atoms with van der Waals surface area (Å²) in [6, 6.07) is 5.39. The second-order valence-corrected chi connectivity index (χ2v) is 5.02. The number of halogens is 1. The van der Waals surface area contributed by atoms with E-state index in [0.29, 0.717) is 5.56 Å². The number of aryl methyl sites for hydroxylation is 2. The molecule has 20 heavy (non-hydrogen) atoms. The number of hydrogen-bond acceptors (Lipinski definition) is 3. The van der Waals surface area contributed by atoms with Gasteiger partial charge in [-0.15, -0.1) is 0 Å². The maximum atomic E-state index is 13.4. The Morgan fingerprint density at radius 1 is 1.40 bits per heavy atom. The molecular weight excluding hydrogens is 255 g/mol. The Bertz CT molecular complexity index is 565. The van der Waals surface area contributed by atoms with Gasteiger partial charge in [0.05, 0.1) is 0 Å². The van der Waals surface area contributed by atoms with Crippen LogP contribution in [0.4, 0.5) is 4.39 Å². The zero-order valence-electron chi connectivity index (χ0n) is 12.2. The molecule has 1 unspecified atom stereocenters. The highest BCUT2D eigenvalue weighted by Gasteiger charge is 2.15. The van der Waals surface area contributed by atoms with Crippen LogP contribution in [0.3, 0.4) is 0 Å². The van der Waals surface area contributed by atoms with Crippen molar-refractivity contribution in [3.05, 3.63) is 47.3 Å². The van der Waals surface area contributed by atoms with E-state index in [0.717, 1.165) is 30.8 Å². The molecule has 108 valence electrons. The van der Waals surface area contributed by atoms with Gasteiger partial charge >= 0.3 is 0 Å². The Labute approximate surface area is 119 Å². The third-order valence-electron chi connectivity index (χ3n) is 3.42. The fourth-order valence-corrected chi connectivity index (χ4v) is 2.20. The quantitative estimate of drug-likeness (QED) is 0.881. The third-order valence-corrected chi connectivity index (χ3v) is 3.42. The van der Waals surface area contributed by atoms with Gasteiger partial charge in [0.25, 0.3) is 0 Å². The molecule has 0 aliphatic carbocycles. The lowest BCUT2D eigenvalue weighted by molar-refractivity contribution is 0.505. The number of nitrogens with one attached hydrogen (secondary N) is 1. The fourth-order valence-electron chi connectivity index (χ4n) is 2.20. The first-order valence-corrected chi connectivity index (χ1v) is 6.94. The lowest BCUT2D eigenvalue weighted by Gasteiger charge is -2.19. The molecule has 1 N–H and O–H groups in total. The van der Waals surface area contributed by atoms with E-state index in [1.165, 1.54) is 6.07 Å². The first-order valence-electron chi connectivity index (χ1n) is 6.94. The molecule has 0 aliphatic heterocycles. The van der Waals surface area contributed by atoms with Gasteiger partial charge in [0.2, 0.25) is 0 Å². The van der Waals surface area contributed by atoms with Gasteiger partial charge in [0, 0.05) is 19.5 Å². The Balaban J connectivity index is 2.22. The Hall–Kier alpha value is -1.75. The summed E-state index contributed by atoms with van der Waals surface area (Å²) in [6.45, 7) is 4.83. The summed E-state index contributed by atoms with van der Waals surface area (Å²) in [4.78, 5) is 4.27. The summed E-state index contributed by atoms with van der Waals surface area (Å²) in [7, 11) is 1.88. The van der Waals surface area contributed by atoms with E-state index in [2.05, 4.69) is 22.3 Å². The molecule has 5 heteroatoms. The van der Waals surface area contributed by atoms with E-state index in [1.807, 2.05) is 19.2 Å². The Kier molecular flexibility index (Phi) is 4.84. The molecule has 0 saturated heterocycles. The van der Waals surface area contributed by atoms with E-state index in [-0.39, 0.29) is 11.9 Å². The van der Waals surface area contributed by atoms with Gasteiger partial charge < -0.3 is 5.32 Å². The van der Waals surface area contributed by atoms with Crippen molar-refractivity contribution in [1.82, 2.24) is 20.1 Å². The van der Waals surface area contributed by atoms with Crippen LogP contribution in [0.15, 0.2) is 24.5 Å². The van der Waals surface area contributed by atoms with Crippen molar-refractivity contribution in [1.29, 1.82) is 0 Å². The van der Waals surface area contributed by atoms with Crippen molar-refractivity contribution in [2.24, 2.45) is 7.05 Å². The van der Waals surface area contributed by atoms with Crippen molar-refractivity contribution in [3.63, 3.8) is 0 Å². The molecule has 1 heterocycles. The van der Waals surface area contributed by atoms with Gasteiger partial charge in [-0.3, -0.25) is 4.68 Å². The predicted molar refractivity (Wildman–Crippen MR) is 76.9 cm³/mol. The summed E-state index contributed by atoms with van der Waals surface area (Å²) >= 11 is 0. The van der Waals surface area contributed by atoms with E-state index in [9.17, 15) is 4.39 Å². The minimum absolute atomic E-state index is 0.122. The smallest absolute Gasteiger partial charge is 0.138 e. The monoisotopic (exact) mass is 276 g/mol. The molecule has 1 aromatic carbocycles. The molecule has 2 rings (SSSR count). The van der Waals surface area contributed by atoms with Gasteiger partial charge in [0.1, 0.15) is 18.0 Å². The maximum absolute atomic E-state index is 13.4. The minimum atomic E-state index is -0.165. The molecular formula is C15H21FN4. The van der Waals surface area contributed by atoms with E-state index >= 15 is 0 Å². The number of aromatic nitrogens is 3. The first kappa shape index (κ1) is 14.7. The van der Waals surface area contributed by atoms with Gasteiger partial charge in [-0.05, 0) is 37.1 Å². The summed E-state index contributed by atoms with van der Waals surface area (Å²) in [5.41, 5.74) is 1.75. The summed E-state index contributed by atoms with van der Waals surface area (Å²) in [5, 5.41) is 7.59. The van der Waals surface area contributed by atoms with Crippen molar-refractivity contribution >= 4 is 0 Å². The standard InChI is InChI=1S/C15H21FN4/c1-4-7-17-14(9-15-18-10-19-20(15)3)12-5-6-13(16)11(2)8-12/h5-6,8,10,14,17H,4,7,9H2,1-3H3. The molecule has 0 radical (unpaired) electrons. The topological polar surface area (TPSA) is 42.7 Å². The maximum Gasteiger partial charge on any atom is 0.138 e. The average molecular weight is 276 g/mol. The first-order chi connectivity index (χ1) is 9.61. The summed E-state index contributed by atoms with van der Waals surface area (Å²) in [5.74, 6) is 0.752. The second kappa shape index (κ2) is 6.61. The Morgan fingerprint density at radius 3 is 2.80 bits per heavy atom. The molecule has 0 bridgehead atoms. The zero-order chi connectivity index (χ0) is 14.5. The second-order valence-electron chi connectivity index (χ2n) is 5.02. The summed E-state index contributed by atoms with van der Waals surface area (Å²) < 4.78 is 15.2. The van der Waals surface area contributed by atoms with Crippen LogP contribution < -0.4 is 5.32 Å². The van der Waals surface area contributed by atoms with E-state index in [1.54, 1.807) is 17.9 Å². The molecule has 0 spiro atoms. The molecule has 2 aromatic rings. The minimum Gasteiger partial charge on any atom is -0.310 e. The average Bonchev–Trinajstić information content (AvgIpc) is 2.83. The van der Waals surface area contributed by atoms with Gasteiger partial charge in [-0.25, -0.2) is 9.37 Å². The van der Waals surface area contributed by atoms with Crippen LogP contribution in [0.25, 0.3) is 0 Å². The molecule has 0 saturated carbocycles. The van der Waals surface area contributed by atoms with Crippen LogP contribution in [-0.4, -0.2) is 21.3 Å². The number of nitrogens with zero attached hydrogens (tertiary/aromatic N) is 3. The van der Waals surface area contributed by atoms with Crippen LogP contribution in [0.5, 0.6) is 0 Å². The zero-order valence-corrected chi connectivity index (χ0v) is 12.2. The van der Waals surface area contributed by atoms with Gasteiger partial charge in [-0.1, -0.05) is 19.1 Å². The van der Waals surface area contributed by atoms with Crippen LogP contribution in [0.1, 0.15) is 36.3 Å². The van der Waals surface area contributed by atoms with E-state index < -0.39 is 0 Å². The van der Waals surface area contributed by atoms with Crippen LogP contribution in [0, 0.1) is 12.7 Å². The number of rotatable bonds is 6. The predicted octanol–water partition coefficient (Wildman–Crippen LogP) is 2.55. The highest BCUT2D eigenvalue weighted by atomic mass is 19.1. The van der Waals surface area contributed by atoms with Crippen molar-refractivity contribution in [2.45, 2.75) is 32.7 Å². The molecule has 0 fully saturated rings. The SMILES string of the molecule is CCCNC(Cc1ncnn1C)c1ccc(F)c(C)c1. The molecule has 0 aliphatic rings. The van der Waals surface area contributed by atoms with Crippen LogP contribution >= 0.6 is 0 Å².